The minimum absolute atomic E-state index is 0.0128. The Morgan fingerprint density at radius 3 is 2.52 bits per heavy atom. The van der Waals surface area contributed by atoms with E-state index >= 15 is 0 Å². The van der Waals surface area contributed by atoms with Crippen LogP contribution in [0.4, 0.5) is 5.82 Å². The van der Waals surface area contributed by atoms with E-state index < -0.39 is 21.8 Å². The fraction of sp³-hybridized carbons (Fsp3) is 0.286. The Morgan fingerprint density at radius 2 is 1.75 bits per heavy atom. The third-order valence-electron chi connectivity index (χ3n) is 7.39. The molecule has 12 heteroatoms. The average Bonchev–Trinajstić information content (AvgIpc) is 3.46. The van der Waals surface area contributed by atoms with Crippen molar-refractivity contribution in [3.8, 4) is 11.1 Å². The van der Waals surface area contributed by atoms with Gasteiger partial charge in [-0.25, -0.2) is 23.1 Å². The molecule has 0 radical (unpaired) electrons. The van der Waals surface area contributed by atoms with Crippen molar-refractivity contribution in [2.45, 2.75) is 37.8 Å². The van der Waals surface area contributed by atoms with Crippen LogP contribution in [0.25, 0.3) is 22.2 Å². The molecule has 10 nitrogen and oxygen atoms in total. The van der Waals surface area contributed by atoms with E-state index in [4.69, 9.17) is 11.6 Å². The largest absolute Gasteiger partial charge is 0.367 e. The number of sulfonamides is 1. The van der Waals surface area contributed by atoms with Crippen molar-refractivity contribution in [3.05, 3.63) is 77.2 Å². The van der Waals surface area contributed by atoms with Crippen LogP contribution < -0.4 is 10.0 Å². The maximum atomic E-state index is 12.9. The average molecular weight is 579 g/mol. The summed E-state index contributed by atoms with van der Waals surface area (Å²) in [4.78, 5) is 38.1. The van der Waals surface area contributed by atoms with Crippen LogP contribution in [0.3, 0.4) is 0 Å². The molecule has 4 heterocycles. The number of aromatic nitrogens is 3. The number of fused-ring (bicyclic) bond motifs is 2. The molecule has 1 aromatic carbocycles. The van der Waals surface area contributed by atoms with Crippen LogP contribution in [0.15, 0.2) is 60.9 Å². The van der Waals surface area contributed by atoms with Crippen LogP contribution in [-0.4, -0.2) is 64.5 Å². The van der Waals surface area contributed by atoms with Gasteiger partial charge < -0.3 is 10.3 Å². The molecule has 3 N–H and O–H groups in total. The highest BCUT2D eigenvalue weighted by Crippen LogP contribution is 2.32. The zero-order valence-electron chi connectivity index (χ0n) is 21.4. The molecule has 0 bridgehead atoms. The van der Waals surface area contributed by atoms with Gasteiger partial charge in [0.15, 0.2) is 0 Å². The summed E-state index contributed by atoms with van der Waals surface area (Å²) in [5.74, 6) is -0.670. The number of H-pyrrole nitrogens is 1. The highest BCUT2D eigenvalue weighted by Gasteiger charge is 2.36. The number of anilines is 1. The molecule has 6 rings (SSSR count). The summed E-state index contributed by atoms with van der Waals surface area (Å²) >= 11 is 6.37. The quantitative estimate of drug-likeness (QED) is 0.210. The molecular weight excluding hydrogens is 552 g/mol. The van der Waals surface area contributed by atoms with Crippen molar-refractivity contribution in [1.29, 1.82) is 0 Å². The Balaban J connectivity index is 1.09. The van der Waals surface area contributed by atoms with Crippen LogP contribution in [0.1, 0.15) is 46.4 Å². The van der Waals surface area contributed by atoms with Gasteiger partial charge in [0.2, 0.25) is 10.0 Å². The first kappa shape index (κ1) is 26.4. The number of amides is 2. The van der Waals surface area contributed by atoms with Crippen LogP contribution in [0, 0.1) is 0 Å². The first-order chi connectivity index (χ1) is 19.3. The van der Waals surface area contributed by atoms with Crippen molar-refractivity contribution in [3.63, 3.8) is 0 Å². The lowest BCUT2D eigenvalue weighted by atomic mass is 9.91. The van der Waals surface area contributed by atoms with Gasteiger partial charge in [0.05, 0.1) is 16.9 Å². The van der Waals surface area contributed by atoms with Gasteiger partial charge in [-0.3, -0.25) is 14.5 Å². The highest BCUT2D eigenvalue weighted by molar-refractivity contribution is 7.89. The minimum atomic E-state index is -3.73. The zero-order chi connectivity index (χ0) is 27.9. The van der Waals surface area contributed by atoms with Crippen LogP contribution >= 0.6 is 11.6 Å². The van der Waals surface area contributed by atoms with Crippen LogP contribution in [0.2, 0.25) is 5.15 Å². The van der Waals surface area contributed by atoms with Gasteiger partial charge in [0, 0.05) is 42.0 Å². The van der Waals surface area contributed by atoms with Crippen molar-refractivity contribution in [2.75, 3.05) is 17.6 Å². The second kappa shape index (κ2) is 10.6. The zero-order valence-corrected chi connectivity index (χ0v) is 23.0. The summed E-state index contributed by atoms with van der Waals surface area (Å²) in [5.41, 5.74) is 3.24. The first-order valence-corrected chi connectivity index (χ1v) is 15.1. The molecule has 1 aliphatic carbocycles. The van der Waals surface area contributed by atoms with Gasteiger partial charge in [0.1, 0.15) is 16.6 Å². The maximum Gasteiger partial charge on any atom is 0.261 e. The molecule has 40 heavy (non-hydrogen) atoms. The molecule has 1 saturated carbocycles. The molecule has 2 unspecified atom stereocenters. The summed E-state index contributed by atoms with van der Waals surface area (Å²) in [7, 11) is -3.73. The van der Waals surface area contributed by atoms with Gasteiger partial charge in [-0.05, 0) is 67.6 Å². The van der Waals surface area contributed by atoms with Crippen LogP contribution in [0.5, 0.6) is 0 Å². The SMILES string of the molecule is O=C1c2ccccc2C(=O)N1CCS(=O)(=O)NC1CCCC(Nc2cc(-c3c[nH]c4ncccc34)cc(Cl)n2)C1. The van der Waals surface area contributed by atoms with E-state index in [1.165, 1.54) is 0 Å². The number of halogens is 1. The van der Waals surface area contributed by atoms with Crippen LogP contribution in [-0.2, 0) is 10.0 Å². The second-order valence-corrected chi connectivity index (χ2v) is 12.4. The van der Waals surface area contributed by atoms with Gasteiger partial charge in [-0.2, -0.15) is 0 Å². The fourth-order valence-electron chi connectivity index (χ4n) is 5.52. The molecule has 1 fully saturated rings. The molecule has 0 spiro atoms. The van der Waals surface area contributed by atoms with Gasteiger partial charge in [-0.1, -0.05) is 23.7 Å². The summed E-state index contributed by atoms with van der Waals surface area (Å²) < 4.78 is 28.6. The minimum Gasteiger partial charge on any atom is -0.367 e. The van der Waals surface area contributed by atoms with Crippen molar-refractivity contribution in [2.24, 2.45) is 0 Å². The number of nitrogens with one attached hydrogen (secondary N) is 3. The fourth-order valence-corrected chi connectivity index (χ4v) is 7.00. The number of rotatable bonds is 8. The number of imide groups is 1. The van der Waals surface area contributed by atoms with E-state index in [9.17, 15) is 18.0 Å². The topological polar surface area (TPSA) is 137 Å². The predicted octanol–water partition coefficient (Wildman–Crippen LogP) is 4.22. The molecule has 206 valence electrons. The monoisotopic (exact) mass is 578 g/mol. The number of hydrogen-bond acceptors (Lipinski definition) is 7. The second-order valence-electron chi connectivity index (χ2n) is 10.1. The third-order valence-corrected chi connectivity index (χ3v) is 9.00. The van der Waals surface area contributed by atoms with E-state index in [0.717, 1.165) is 39.9 Å². The summed E-state index contributed by atoms with van der Waals surface area (Å²) in [6, 6.07) is 13.8. The molecule has 4 aromatic rings. The number of benzene rings is 1. The maximum absolute atomic E-state index is 12.9. The highest BCUT2D eigenvalue weighted by atomic mass is 35.5. The number of pyridine rings is 2. The summed E-state index contributed by atoms with van der Waals surface area (Å²) in [6.45, 7) is -0.200. The normalized spacial score (nSPS) is 19.3. The molecule has 0 saturated heterocycles. The molecule has 2 amide bonds. The lowest BCUT2D eigenvalue weighted by molar-refractivity contribution is 0.0664. The van der Waals surface area contributed by atoms with Gasteiger partial charge in [-0.15, -0.1) is 0 Å². The lowest BCUT2D eigenvalue weighted by Crippen LogP contribution is -2.44. The number of nitrogens with zero attached hydrogens (tertiary/aromatic N) is 3. The molecule has 3 aromatic heterocycles. The summed E-state index contributed by atoms with van der Waals surface area (Å²) in [6.07, 6.45) is 6.56. The van der Waals surface area contributed by atoms with Crippen molar-refractivity contribution >= 4 is 50.3 Å². The number of carbonyl (C=O) groups excluding carboxylic acids is 2. The van der Waals surface area contributed by atoms with Crippen molar-refractivity contribution < 1.29 is 18.0 Å². The smallest absolute Gasteiger partial charge is 0.261 e. The number of aromatic amines is 1. The van der Waals surface area contributed by atoms with Gasteiger partial charge in [0.25, 0.3) is 11.8 Å². The Bertz CT molecular complexity index is 1690. The molecule has 1 aliphatic heterocycles. The third kappa shape index (κ3) is 5.32. The van der Waals surface area contributed by atoms with E-state index in [2.05, 4.69) is 25.0 Å². The molecule has 2 atom stereocenters. The van der Waals surface area contributed by atoms with Crippen molar-refractivity contribution in [1.82, 2.24) is 24.6 Å². The Hall–Kier alpha value is -3.80. The van der Waals surface area contributed by atoms with E-state index in [-0.39, 0.29) is 24.4 Å². The lowest BCUT2D eigenvalue weighted by Gasteiger charge is -2.30. The number of hydrogen-bond donors (Lipinski definition) is 3. The Kier molecular flexibility index (Phi) is 7.03. The van der Waals surface area contributed by atoms with E-state index in [1.807, 2.05) is 24.4 Å². The first-order valence-electron chi connectivity index (χ1n) is 13.1. The predicted molar refractivity (Wildman–Crippen MR) is 153 cm³/mol. The van der Waals surface area contributed by atoms with E-state index in [0.29, 0.717) is 34.9 Å². The molecular formula is C28H27ClN6O4S. The Morgan fingerprint density at radius 1 is 1.00 bits per heavy atom. The molecule has 2 aliphatic rings. The van der Waals surface area contributed by atoms with Gasteiger partial charge >= 0.3 is 0 Å². The summed E-state index contributed by atoms with van der Waals surface area (Å²) in [5, 5.41) is 4.76. The Labute approximate surface area is 236 Å². The van der Waals surface area contributed by atoms with E-state index in [1.54, 1.807) is 36.5 Å². The number of carbonyl (C=O) groups is 2. The standard InChI is InChI=1S/C28H27ClN6O4S/c29-24-13-17(23-16-31-26-20(23)9-4-10-30-26)14-25(33-24)32-18-5-3-6-19(15-18)34-40(38,39)12-11-35-27(36)21-7-1-2-8-22(21)28(35)37/h1-2,4,7-10,13-14,16,18-19,34H,3,5-6,11-12,15H2,(H,30,31)(H,32,33).